The number of likely N-dealkylation sites (tertiary alicyclic amines) is 1. The monoisotopic (exact) mass is 364 g/mol. The van der Waals surface area contributed by atoms with Crippen LogP contribution in [0.4, 0.5) is 0 Å². The van der Waals surface area contributed by atoms with Gasteiger partial charge in [-0.15, -0.1) is 0 Å². The van der Waals surface area contributed by atoms with Gasteiger partial charge in [-0.3, -0.25) is 14.9 Å². The maximum Gasteiger partial charge on any atom is 0.326 e. The zero-order valence-electron chi connectivity index (χ0n) is 14.6. The minimum absolute atomic E-state index is 0.107. The van der Waals surface area contributed by atoms with E-state index >= 15 is 0 Å². The Kier molecular flexibility index (Phi) is 7.11. The van der Waals surface area contributed by atoms with E-state index in [4.69, 9.17) is 4.74 Å². The summed E-state index contributed by atoms with van der Waals surface area (Å²) in [6.45, 7) is 2.06. The fourth-order valence-electron chi connectivity index (χ4n) is 2.97. The van der Waals surface area contributed by atoms with E-state index in [0.717, 1.165) is 5.56 Å². The number of ether oxygens (including phenoxy) is 1. The number of carboxylic acid groups (broad SMARTS) is 2. The van der Waals surface area contributed by atoms with Crippen LogP contribution in [0.5, 0.6) is 0 Å². The minimum atomic E-state index is -1.13. The number of benzene rings is 1. The molecule has 1 unspecified atom stereocenters. The predicted molar refractivity (Wildman–Crippen MR) is 92.5 cm³/mol. The molecule has 1 aromatic carbocycles. The fourth-order valence-corrected chi connectivity index (χ4v) is 2.97. The van der Waals surface area contributed by atoms with Crippen LogP contribution in [0.3, 0.4) is 0 Å². The molecular formula is C18H24N2O6. The van der Waals surface area contributed by atoms with Crippen molar-refractivity contribution in [2.24, 2.45) is 0 Å². The molecule has 1 aliphatic heterocycles. The van der Waals surface area contributed by atoms with Gasteiger partial charge in [0.2, 0.25) is 5.91 Å². The third kappa shape index (κ3) is 5.27. The number of hydrogen-bond donors (Lipinski definition) is 3. The topological polar surface area (TPSA) is 116 Å². The molecule has 0 radical (unpaired) electrons. The Labute approximate surface area is 151 Å². The summed E-state index contributed by atoms with van der Waals surface area (Å²) in [5, 5.41) is 21.3. The van der Waals surface area contributed by atoms with E-state index in [0.29, 0.717) is 19.4 Å². The number of aliphatic carboxylic acids is 2. The molecule has 1 amide bonds. The Hall–Kier alpha value is -2.45. The Morgan fingerprint density at radius 2 is 1.96 bits per heavy atom. The molecule has 0 saturated carbocycles. The molecule has 1 saturated heterocycles. The third-order valence-corrected chi connectivity index (χ3v) is 4.34. The lowest BCUT2D eigenvalue weighted by atomic mass is 10.2. The molecule has 2 rings (SSSR count). The molecule has 142 valence electrons. The smallest absolute Gasteiger partial charge is 0.326 e. The zero-order chi connectivity index (χ0) is 19.1. The van der Waals surface area contributed by atoms with Gasteiger partial charge in [0, 0.05) is 6.54 Å². The fraction of sp³-hybridized carbons (Fsp3) is 0.500. The second kappa shape index (κ2) is 9.30. The van der Waals surface area contributed by atoms with Crippen molar-refractivity contribution in [3.05, 3.63) is 35.9 Å². The standard InChI is InChI=1S/C18H24N2O6/c1-12(16(21)20-9-5-8-15(20)18(24)25)19-14(17(22)23)11-26-10-13-6-3-2-4-7-13/h2-4,6-7,12,14-15,19H,5,8-11H2,1H3,(H,22,23)(H,24,25)/t12?,14-,15-/m0/s1. The summed E-state index contributed by atoms with van der Waals surface area (Å²) in [5.41, 5.74) is 0.919. The van der Waals surface area contributed by atoms with Crippen molar-refractivity contribution < 1.29 is 29.3 Å². The molecule has 3 N–H and O–H groups in total. The maximum atomic E-state index is 12.5. The van der Waals surface area contributed by atoms with Gasteiger partial charge >= 0.3 is 11.9 Å². The number of amides is 1. The van der Waals surface area contributed by atoms with Crippen LogP contribution >= 0.6 is 0 Å². The summed E-state index contributed by atoms with van der Waals surface area (Å²) in [6, 6.07) is 6.61. The SMILES string of the molecule is CC(N[C@@H](COCc1ccccc1)C(=O)O)C(=O)N1CCC[C@H]1C(=O)O. The van der Waals surface area contributed by atoms with Crippen molar-refractivity contribution in [3.8, 4) is 0 Å². The molecule has 1 aromatic rings. The number of nitrogens with one attached hydrogen (secondary N) is 1. The van der Waals surface area contributed by atoms with Crippen molar-refractivity contribution in [2.45, 2.75) is 44.5 Å². The van der Waals surface area contributed by atoms with E-state index in [1.165, 1.54) is 11.8 Å². The van der Waals surface area contributed by atoms with Crippen molar-refractivity contribution in [3.63, 3.8) is 0 Å². The second-order valence-corrected chi connectivity index (χ2v) is 6.31. The first kappa shape index (κ1) is 19.9. The lowest BCUT2D eigenvalue weighted by Crippen LogP contribution is -2.54. The van der Waals surface area contributed by atoms with E-state index < -0.39 is 36.0 Å². The predicted octanol–water partition coefficient (Wildman–Crippen LogP) is 0.710. The van der Waals surface area contributed by atoms with Crippen LogP contribution in [0.15, 0.2) is 30.3 Å². The Morgan fingerprint density at radius 3 is 2.58 bits per heavy atom. The van der Waals surface area contributed by atoms with Gasteiger partial charge in [-0.05, 0) is 25.3 Å². The van der Waals surface area contributed by atoms with Crippen molar-refractivity contribution >= 4 is 17.8 Å². The molecule has 0 spiro atoms. The Balaban J connectivity index is 1.88. The number of rotatable bonds is 9. The average Bonchev–Trinajstić information content (AvgIpc) is 3.10. The normalized spacial score (nSPS) is 19.1. The van der Waals surface area contributed by atoms with E-state index in [-0.39, 0.29) is 13.2 Å². The quantitative estimate of drug-likeness (QED) is 0.591. The van der Waals surface area contributed by atoms with Gasteiger partial charge in [0.1, 0.15) is 12.1 Å². The van der Waals surface area contributed by atoms with Crippen LogP contribution < -0.4 is 5.32 Å². The average molecular weight is 364 g/mol. The summed E-state index contributed by atoms with van der Waals surface area (Å²) in [6.07, 6.45) is 1.04. The minimum Gasteiger partial charge on any atom is -0.480 e. The second-order valence-electron chi connectivity index (χ2n) is 6.31. The molecule has 0 aliphatic carbocycles. The molecule has 0 aromatic heterocycles. The van der Waals surface area contributed by atoms with E-state index in [9.17, 15) is 24.6 Å². The number of nitrogens with zero attached hydrogens (tertiary/aromatic N) is 1. The van der Waals surface area contributed by atoms with Crippen LogP contribution in [0.25, 0.3) is 0 Å². The Bertz CT molecular complexity index is 636. The summed E-state index contributed by atoms with van der Waals surface area (Å²) in [4.78, 5) is 36.4. The molecule has 8 nitrogen and oxygen atoms in total. The first-order valence-electron chi connectivity index (χ1n) is 8.54. The lowest BCUT2D eigenvalue weighted by molar-refractivity contribution is -0.149. The highest BCUT2D eigenvalue weighted by Crippen LogP contribution is 2.18. The van der Waals surface area contributed by atoms with Gasteiger partial charge in [-0.25, -0.2) is 4.79 Å². The summed E-state index contributed by atoms with van der Waals surface area (Å²) < 4.78 is 5.45. The number of carboxylic acids is 2. The number of hydrogen-bond acceptors (Lipinski definition) is 5. The molecule has 1 fully saturated rings. The number of carbonyl (C=O) groups excluding carboxylic acids is 1. The zero-order valence-corrected chi connectivity index (χ0v) is 14.6. The van der Waals surface area contributed by atoms with Gasteiger partial charge in [0.25, 0.3) is 0 Å². The highest BCUT2D eigenvalue weighted by Gasteiger charge is 2.36. The molecule has 8 heteroatoms. The van der Waals surface area contributed by atoms with Gasteiger partial charge in [-0.2, -0.15) is 0 Å². The largest absolute Gasteiger partial charge is 0.480 e. The molecule has 1 heterocycles. The van der Waals surface area contributed by atoms with Crippen molar-refractivity contribution in [2.75, 3.05) is 13.2 Å². The maximum absolute atomic E-state index is 12.5. The first-order chi connectivity index (χ1) is 12.4. The summed E-state index contributed by atoms with van der Waals surface area (Å²) in [7, 11) is 0. The van der Waals surface area contributed by atoms with Crippen LogP contribution in [0.2, 0.25) is 0 Å². The van der Waals surface area contributed by atoms with Crippen LogP contribution in [-0.4, -0.2) is 64.2 Å². The number of carbonyl (C=O) groups is 3. The van der Waals surface area contributed by atoms with Gasteiger partial charge in [0.05, 0.1) is 19.3 Å². The van der Waals surface area contributed by atoms with Crippen LogP contribution in [0.1, 0.15) is 25.3 Å². The van der Waals surface area contributed by atoms with Crippen molar-refractivity contribution in [1.82, 2.24) is 10.2 Å². The highest BCUT2D eigenvalue weighted by molar-refractivity contribution is 5.88. The molecule has 1 aliphatic rings. The molecule has 3 atom stereocenters. The Morgan fingerprint density at radius 1 is 1.27 bits per heavy atom. The molecule has 0 bridgehead atoms. The van der Waals surface area contributed by atoms with E-state index in [1.54, 1.807) is 0 Å². The first-order valence-corrected chi connectivity index (χ1v) is 8.54. The highest BCUT2D eigenvalue weighted by atomic mass is 16.5. The van der Waals surface area contributed by atoms with E-state index in [2.05, 4.69) is 5.32 Å². The van der Waals surface area contributed by atoms with Crippen LogP contribution in [-0.2, 0) is 25.7 Å². The lowest BCUT2D eigenvalue weighted by Gasteiger charge is -2.27. The summed E-state index contributed by atoms with van der Waals surface area (Å²) in [5.74, 6) is -2.58. The van der Waals surface area contributed by atoms with Crippen LogP contribution in [0, 0.1) is 0 Å². The van der Waals surface area contributed by atoms with Gasteiger partial charge in [0.15, 0.2) is 0 Å². The van der Waals surface area contributed by atoms with Gasteiger partial charge < -0.3 is 19.8 Å². The van der Waals surface area contributed by atoms with Gasteiger partial charge in [-0.1, -0.05) is 30.3 Å². The molecular weight excluding hydrogens is 340 g/mol. The summed E-state index contributed by atoms with van der Waals surface area (Å²) >= 11 is 0. The van der Waals surface area contributed by atoms with Crippen molar-refractivity contribution in [1.29, 1.82) is 0 Å². The third-order valence-electron chi connectivity index (χ3n) is 4.34. The molecule has 26 heavy (non-hydrogen) atoms. The van der Waals surface area contributed by atoms with E-state index in [1.807, 2.05) is 30.3 Å².